The fraction of sp³-hybridized carbons (Fsp3) is 0.0769. The molecule has 0 aliphatic carbocycles. The van der Waals surface area contributed by atoms with Crippen molar-refractivity contribution in [1.29, 1.82) is 0 Å². The first-order valence-corrected chi connectivity index (χ1v) is 4.81. The Balaban J connectivity index is 0.000000124. The zero-order valence-electron chi connectivity index (χ0n) is 8.30. The molecule has 2 nitrogen and oxygen atoms in total. The second kappa shape index (κ2) is 5.05. The molecule has 0 N–H and O–H groups in total. The van der Waals surface area contributed by atoms with Crippen LogP contribution in [0.25, 0.3) is 0 Å². The van der Waals surface area contributed by atoms with Gasteiger partial charge in [-0.05, 0) is 12.1 Å². The van der Waals surface area contributed by atoms with Crippen LogP contribution >= 0.6 is 0 Å². The quantitative estimate of drug-likeness (QED) is 0.650. The van der Waals surface area contributed by atoms with E-state index in [0.29, 0.717) is 6.79 Å². The van der Waals surface area contributed by atoms with Gasteiger partial charge in [0, 0.05) is 0 Å². The highest BCUT2D eigenvalue weighted by atomic mass is 16.7. The SMILES string of the molecule is c1ccc2c(c1)OCO2.c1ccccc1. The number of rotatable bonds is 0. The molecule has 0 aromatic heterocycles. The van der Waals surface area contributed by atoms with Crippen molar-refractivity contribution in [3.63, 3.8) is 0 Å². The fourth-order valence-electron chi connectivity index (χ4n) is 1.23. The molecule has 1 aliphatic heterocycles. The smallest absolute Gasteiger partial charge is 0.231 e. The van der Waals surface area contributed by atoms with Gasteiger partial charge < -0.3 is 9.47 Å². The summed E-state index contributed by atoms with van der Waals surface area (Å²) in [4.78, 5) is 0. The Morgan fingerprint density at radius 2 is 1.00 bits per heavy atom. The second-order valence-corrected chi connectivity index (χ2v) is 3.01. The summed E-state index contributed by atoms with van der Waals surface area (Å²) < 4.78 is 10.2. The molecule has 76 valence electrons. The summed E-state index contributed by atoms with van der Waals surface area (Å²) in [6, 6.07) is 19.6. The fourth-order valence-corrected chi connectivity index (χ4v) is 1.23. The Kier molecular flexibility index (Phi) is 3.23. The van der Waals surface area contributed by atoms with E-state index < -0.39 is 0 Å². The first-order valence-electron chi connectivity index (χ1n) is 4.81. The van der Waals surface area contributed by atoms with Crippen LogP contribution in [0.1, 0.15) is 0 Å². The van der Waals surface area contributed by atoms with Crippen LogP contribution in [0.15, 0.2) is 60.7 Å². The zero-order chi connectivity index (χ0) is 10.3. The van der Waals surface area contributed by atoms with E-state index in [-0.39, 0.29) is 0 Å². The lowest BCUT2D eigenvalue weighted by molar-refractivity contribution is 0.174. The van der Waals surface area contributed by atoms with E-state index in [2.05, 4.69) is 0 Å². The van der Waals surface area contributed by atoms with Crippen LogP contribution in [0, 0.1) is 0 Å². The molecule has 0 unspecified atom stereocenters. The summed E-state index contributed by atoms with van der Waals surface area (Å²) in [7, 11) is 0. The lowest BCUT2D eigenvalue weighted by atomic mass is 10.3. The van der Waals surface area contributed by atoms with Gasteiger partial charge >= 0.3 is 0 Å². The maximum absolute atomic E-state index is 5.08. The average Bonchev–Trinajstić information content (AvgIpc) is 2.80. The Hall–Kier alpha value is -1.96. The first-order chi connectivity index (χ1) is 7.47. The van der Waals surface area contributed by atoms with Crippen LogP contribution in [0.4, 0.5) is 0 Å². The third-order valence-corrected chi connectivity index (χ3v) is 1.94. The minimum atomic E-state index is 0.360. The summed E-state index contributed by atoms with van der Waals surface area (Å²) in [6.07, 6.45) is 0. The minimum absolute atomic E-state index is 0.360. The van der Waals surface area contributed by atoms with Gasteiger partial charge in [0.05, 0.1) is 0 Å². The minimum Gasteiger partial charge on any atom is -0.454 e. The molecule has 0 amide bonds. The molecular formula is C13H12O2. The Morgan fingerprint density at radius 1 is 0.600 bits per heavy atom. The van der Waals surface area contributed by atoms with Gasteiger partial charge in [0.1, 0.15) is 0 Å². The van der Waals surface area contributed by atoms with Gasteiger partial charge in [-0.3, -0.25) is 0 Å². The summed E-state index contributed by atoms with van der Waals surface area (Å²) in [5.74, 6) is 1.69. The van der Waals surface area contributed by atoms with Crippen molar-refractivity contribution < 1.29 is 9.47 Å². The number of fused-ring (bicyclic) bond motifs is 1. The number of para-hydroxylation sites is 2. The molecule has 15 heavy (non-hydrogen) atoms. The maximum atomic E-state index is 5.08. The summed E-state index contributed by atoms with van der Waals surface area (Å²) >= 11 is 0. The van der Waals surface area contributed by atoms with E-state index in [1.54, 1.807) is 0 Å². The van der Waals surface area contributed by atoms with Crippen LogP contribution in [-0.2, 0) is 0 Å². The van der Waals surface area contributed by atoms with Crippen molar-refractivity contribution in [2.45, 2.75) is 0 Å². The standard InChI is InChI=1S/C7H6O2.C6H6/c1-2-4-7-6(3-1)8-5-9-7;1-2-4-6-5-3-1/h1-4H,5H2;1-6H. The van der Waals surface area contributed by atoms with Gasteiger partial charge in [-0.1, -0.05) is 48.5 Å². The van der Waals surface area contributed by atoms with Gasteiger partial charge in [-0.15, -0.1) is 0 Å². The first kappa shape index (κ1) is 9.59. The van der Waals surface area contributed by atoms with Crippen molar-refractivity contribution >= 4 is 0 Å². The topological polar surface area (TPSA) is 18.5 Å². The maximum Gasteiger partial charge on any atom is 0.231 e. The molecule has 0 spiro atoms. The van der Waals surface area contributed by atoms with Crippen molar-refractivity contribution in [2.75, 3.05) is 6.79 Å². The normalized spacial score (nSPS) is 11.5. The van der Waals surface area contributed by atoms with Crippen molar-refractivity contribution in [3.8, 4) is 11.5 Å². The second-order valence-electron chi connectivity index (χ2n) is 3.01. The third-order valence-electron chi connectivity index (χ3n) is 1.94. The van der Waals surface area contributed by atoms with E-state index in [1.807, 2.05) is 60.7 Å². The highest BCUT2D eigenvalue weighted by Gasteiger charge is 2.09. The van der Waals surface area contributed by atoms with E-state index in [0.717, 1.165) is 11.5 Å². The summed E-state index contributed by atoms with van der Waals surface area (Å²) in [5, 5.41) is 0. The van der Waals surface area contributed by atoms with Gasteiger partial charge in [0.2, 0.25) is 6.79 Å². The van der Waals surface area contributed by atoms with Crippen LogP contribution in [0.5, 0.6) is 11.5 Å². The average molecular weight is 200 g/mol. The molecule has 0 bridgehead atoms. The van der Waals surface area contributed by atoms with E-state index in [4.69, 9.17) is 9.47 Å². The Bertz CT molecular complexity index is 349. The largest absolute Gasteiger partial charge is 0.454 e. The zero-order valence-corrected chi connectivity index (χ0v) is 8.30. The third kappa shape index (κ3) is 2.74. The monoisotopic (exact) mass is 200 g/mol. The number of ether oxygens (including phenoxy) is 2. The summed E-state index contributed by atoms with van der Waals surface area (Å²) in [6.45, 7) is 0.360. The molecule has 2 heteroatoms. The van der Waals surface area contributed by atoms with Crippen molar-refractivity contribution in [1.82, 2.24) is 0 Å². The highest BCUT2D eigenvalue weighted by molar-refractivity contribution is 5.40. The molecular weight excluding hydrogens is 188 g/mol. The number of hydrogen-bond donors (Lipinski definition) is 0. The van der Waals surface area contributed by atoms with Crippen molar-refractivity contribution in [2.24, 2.45) is 0 Å². The lowest BCUT2D eigenvalue weighted by Gasteiger charge is -1.89. The van der Waals surface area contributed by atoms with Gasteiger partial charge in [-0.2, -0.15) is 0 Å². The molecule has 0 radical (unpaired) electrons. The molecule has 0 saturated carbocycles. The Morgan fingerprint density at radius 3 is 1.40 bits per heavy atom. The predicted octanol–water partition coefficient (Wildman–Crippen LogP) is 3.10. The number of hydrogen-bond acceptors (Lipinski definition) is 2. The van der Waals surface area contributed by atoms with Crippen LogP contribution < -0.4 is 9.47 Å². The number of benzene rings is 2. The van der Waals surface area contributed by atoms with Gasteiger partial charge in [0.25, 0.3) is 0 Å². The molecule has 1 aliphatic rings. The van der Waals surface area contributed by atoms with Crippen molar-refractivity contribution in [3.05, 3.63) is 60.7 Å². The lowest BCUT2D eigenvalue weighted by Crippen LogP contribution is -1.92. The molecule has 2 aromatic carbocycles. The molecule has 0 saturated heterocycles. The van der Waals surface area contributed by atoms with Gasteiger partial charge in [-0.25, -0.2) is 0 Å². The van der Waals surface area contributed by atoms with Crippen LogP contribution in [-0.4, -0.2) is 6.79 Å². The summed E-state index contributed by atoms with van der Waals surface area (Å²) in [5.41, 5.74) is 0. The molecule has 0 fully saturated rings. The molecule has 0 atom stereocenters. The molecule has 3 rings (SSSR count). The Labute approximate surface area is 89.1 Å². The van der Waals surface area contributed by atoms with E-state index in [1.165, 1.54) is 0 Å². The van der Waals surface area contributed by atoms with Gasteiger partial charge in [0.15, 0.2) is 11.5 Å². The predicted molar refractivity (Wildman–Crippen MR) is 59.0 cm³/mol. The van der Waals surface area contributed by atoms with E-state index >= 15 is 0 Å². The highest BCUT2D eigenvalue weighted by Crippen LogP contribution is 2.30. The molecule has 1 heterocycles. The van der Waals surface area contributed by atoms with Crippen LogP contribution in [0.3, 0.4) is 0 Å². The van der Waals surface area contributed by atoms with E-state index in [9.17, 15) is 0 Å². The molecule has 2 aromatic rings. The van der Waals surface area contributed by atoms with Crippen LogP contribution in [0.2, 0.25) is 0 Å².